The number of aromatic nitrogens is 2. The maximum absolute atomic E-state index is 12.4. The van der Waals surface area contributed by atoms with Gasteiger partial charge in [-0.3, -0.25) is 24.1 Å². The zero-order valence-electron chi connectivity index (χ0n) is 14.0. The minimum Gasteiger partial charge on any atom is -0.334 e. The number of anilines is 3. The fourth-order valence-electron chi connectivity index (χ4n) is 2.42. The fourth-order valence-corrected chi connectivity index (χ4v) is 2.42. The average molecular weight is 353 g/mol. The second-order valence-electron chi connectivity index (χ2n) is 5.55. The molecule has 3 aromatic rings. The lowest BCUT2D eigenvalue weighted by molar-refractivity contribution is -0.385. The Morgan fingerprint density at radius 1 is 1.23 bits per heavy atom. The summed E-state index contributed by atoms with van der Waals surface area (Å²) < 4.78 is 1.12. The number of rotatable bonds is 4. The van der Waals surface area contributed by atoms with Gasteiger partial charge in [-0.05, 0) is 36.4 Å². The zero-order chi connectivity index (χ0) is 18.8. The molecule has 0 saturated heterocycles. The highest BCUT2D eigenvalue weighted by Gasteiger charge is 2.23. The summed E-state index contributed by atoms with van der Waals surface area (Å²) in [5.41, 5.74) is 0.0540. The summed E-state index contributed by atoms with van der Waals surface area (Å²) in [6.07, 6.45) is 1.42. The van der Waals surface area contributed by atoms with Gasteiger partial charge >= 0.3 is 11.2 Å². The molecule has 0 atom stereocenters. The normalized spacial score (nSPS) is 10.5. The van der Waals surface area contributed by atoms with Gasteiger partial charge in [-0.25, -0.2) is 4.98 Å². The molecule has 0 saturated carbocycles. The number of pyridine rings is 1. The van der Waals surface area contributed by atoms with Crippen LogP contribution in [-0.4, -0.2) is 27.3 Å². The standard InChI is InChI=1S/C17H15N5O4/c1-11(23)20(2)13-8-6-12(7-9-13)18-16-15(22(25)26)17(24)21-10-4-3-5-14(21)19-16/h3-10,18H,1-2H3. The number of benzene rings is 1. The predicted molar refractivity (Wildman–Crippen MR) is 96.9 cm³/mol. The molecule has 0 aliphatic rings. The predicted octanol–water partition coefficient (Wildman–Crippen LogP) is 2.33. The summed E-state index contributed by atoms with van der Waals surface area (Å²) in [7, 11) is 1.64. The summed E-state index contributed by atoms with van der Waals surface area (Å²) in [6, 6.07) is 11.5. The molecule has 0 aliphatic carbocycles. The van der Waals surface area contributed by atoms with E-state index in [-0.39, 0.29) is 11.7 Å². The van der Waals surface area contributed by atoms with Gasteiger partial charge in [0, 0.05) is 31.5 Å². The monoisotopic (exact) mass is 353 g/mol. The highest BCUT2D eigenvalue weighted by molar-refractivity contribution is 5.91. The SMILES string of the molecule is CC(=O)N(C)c1ccc(Nc2nc3ccccn3c(=O)c2[N+](=O)[O-])cc1. The minimum absolute atomic E-state index is 0.120. The number of amides is 1. The lowest BCUT2D eigenvalue weighted by atomic mass is 10.2. The van der Waals surface area contributed by atoms with Crippen molar-refractivity contribution in [2.45, 2.75) is 6.92 Å². The number of nitrogens with one attached hydrogen (secondary N) is 1. The van der Waals surface area contributed by atoms with Crippen LogP contribution in [0, 0.1) is 10.1 Å². The van der Waals surface area contributed by atoms with E-state index in [9.17, 15) is 19.7 Å². The van der Waals surface area contributed by atoms with Gasteiger partial charge in [0.2, 0.25) is 11.7 Å². The second-order valence-corrected chi connectivity index (χ2v) is 5.55. The molecule has 1 N–H and O–H groups in total. The van der Waals surface area contributed by atoms with E-state index in [0.29, 0.717) is 17.0 Å². The van der Waals surface area contributed by atoms with Gasteiger partial charge in [0.1, 0.15) is 5.65 Å². The molecule has 1 amide bonds. The first-order valence-electron chi connectivity index (χ1n) is 7.65. The third-order valence-electron chi connectivity index (χ3n) is 3.88. The van der Waals surface area contributed by atoms with E-state index >= 15 is 0 Å². The maximum Gasteiger partial charge on any atom is 0.376 e. The Morgan fingerprint density at radius 2 is 1.92 bits per heavy atom. The van der Waals surface area contributed by atoms with E-state index in [0.717, 1.165) is 4.40 Å². The van der Waals surface area contributed by atoms with Gasteiger partial charge in [0.15, 0.2) is 0 Å². The van der Waals surface area contributed by atoms with Crippen LogP contribution >= 0.6 is 0 Å². The Balaban J connectivity index is 2.03. The van der Waals surface area contributed by atoms with Crippen molar-refractivity contribution in [3.8, 4) is 0 Å². The number of fused-ring (bicyclic) bond motifs is 1. The van der Waals surface area contributed by atoms with Gasteiger partial charge in [0.05, 0.1) is 4.92 Å². The molecule has 9 nitrogen and oxygen atoms in total. The van der Waals surface area contributed by atoms with E-state index < -0.39 is 16.2 Å². The Hall–Kier alpha value is -3.75. The van der Waals surface area contributed by atoms with Crippen LogP contribution in [-0.2, 0) is 4.79 Å². The summed E-state index contributed by atoms with van der Waals surface area (Å²) in [4.78, 5) is 40.0. The average Bonchev–Trinajstić information content (AvgIpc) is 2.61. The number of nitrogens with zero attached hydrogens (tertiary/aromatic N) is 4. The van der Waals surface area contributed by atoms with Crippen molar-refractivity contribution in [3.63, 3.8) is 0 Å². The van der Waals surface area contributed by atoms with Crippen molar-refractivity contribution >= 4 is 34.4 Å². The molecule has 2 heterocycles. The van der Waals surface area contributed by atoms with Gasteiger partial charge in [-0.1, -0.05) is 6.07 Å². The molecule has 0 aliphatic heterocycles. The van der Waals surface area contributed by atoms with E-state index in [4.69, 9.17) is 0 Å². The summed E-state index contributed by atoms with van der Waals surface area (Å²) in [6.45, 7) is 1.45. The van der Waals surface area contributed by atoms with Crippen LogP contribution in [0.25, 0.3) is 5.65 Å². The zero-order valence-corrected chi connectivity index (χ0v) is 14.0. The van der Waals surface area contributed by atoms with E-state index in [1.54, 1.807) is 49.5 Å². The van der Waals surface area contributed by atoms with Crippen molar-refractivity contribution in [3.05, 3.63) is 69.1 Å². The van der Waals surface area contributed by atoms with E-state index in [1.807, 2.05) is 0 Å². The van der Waals surface area contributed by atoms with E-state index in [2.05, 4.69) is 10.3 Å². The van der Waals surface area contributed by atoms with Gasteiger partial charge in [-0.2, -0.15) is 0 Å². The summed E-state index contributed by atoms with van der Waals surface area (Å²) in [5, 5.41) is 14.2. The highest BCUT2D eigenvalue weighted by atomic mass is 16.6. The number of carbonyl (C=O) groups is 1. The van der Waals surface area contributed by atoms with Crippen LogP contribution in [0.2, 0.25) is 0 Å². The molecule has 0 unspecified atom stereocenters. The largest absolute Gasteiger partial charge is 0.376 e. The Bertz CT molecular complexity index is 1060. The molecular weight excluding hydrogens is 338 g/mol. The minimum atomic E-state index is -0.768. The van der Waals surface area contributed by atoms with Crippen molar-refractivity contribution in [2.24, 2.45) is 0 Å². The second kappa shape index (κ2) is 6.63. The number of carbonyl (C=O) groups excluding carboxylic acids is 1. The Morgan fingerprint density at radius 3 is 2.54 bits per heavy atom. The van der Waals surface area contributed by atoms with Crippen molar-refractivity contribution in [1.82, 2.24) is 9.38 Å². The lowest BCUT2D eigenvalue weighted by Gasteiger charge is -2.15. The quantitative estimate of drug-likeness (QED) is 0.569. The fraction of sp³-hybridized carbons (Fsp3) is 0.118. The molecule has 0 spiro atoms. The van der Waals surface area contributed by atoms with Crippen LogP contribution in [0.4, 0.5) is 22.9 Å². The summed E-state index contributed by atoms with van der Waals surface area (Å²) in [5.74, 6) is -0.260. The van der Waals surface area contributed by atoms with Gasteiger partial charge < -0.3 is 10.2 Å². The lowest BCUT2D eigenvalue weighted by Crippen LogP contribution is -2.22. The highest BCUT2D eigenvalue weighted by Crippen LogP contribution is 2.24. The van der Waals surface area contributed by atoms with Crippen LogP contribution in [0.1, 0.15) is 6.92 Å². The maximum atomic E-state index is 12.4. The Labute approximate surface area is 147 Å². The van der Waals surface area contributed by atoms with E-state index in [1.165, 1.54) is 18.0 Å². The molecule has 1 aromatic carbocycles. The molecule has 2 aromatic heterocycles. The van der Waals surface area contributed by atoms with Crippen LogP contribution in [0.3, 0.4) is 0 Å². The van der Waals surface area contributed by atoms with Gasteiger partial charge in [0.25, 0.3) is 0 Å². The van der Waals surface area contributed by atoms with Crippen LogP contribution < -0.4 is 15.8 Å². The summed E-state index contributed by atoms with van der Waals surface area (Å²) >= 11 is 0. The molecule has 0 fully saturated rings. The third kappa shape index (κ3) is 3.09. The van der Waals surface area contributed by atoms with Crippen molar-refractivity contribution in [2.75, 3.05) is 17.3 Å². The number of hydrogen-bond donors (Lipinski definition) is 1. The molecule has 3 rings (SSSR count). The van der Waals surface area contributed by atoms with Gasteiger partial charge in [-0.15, -0.1) is 0 Å². The molecule has 26 heavy (non-hydrogen) atoms. The topological polar surface area (TPSA) is 110 Å². The smallest absolute Gasteiger partial charge is 0.334 e. The first-order valence-corrected chi connectivity index (χ1v) is 7.65. The van der Waals surface area contributed by atoms with Crippen molar-refractivity contribution < 1.29 is 9.72 Å². The van der Waals surface area contributed by atoms with Crippen LogP contribution in [0.5, 0.6) is 0 Å². The molecule has 9 heteroatoms. The first-order chi connectivity index (χ1) is 12.4. The number of hydrogen-bond acceptors (Lipinski definition) is 6. The molecule has 0 radical (unpaired) electrons. The van der Waals surface area contributed by atoms with Crippen molar-refractivity contribution in [1.29, 1.82) is 0 Å². The third-order valence-corrected chi connectivity index (χ3v) is 3.88. The molecule has 0 bridgehead atoms. The van der Waals surface area contributed by atoms with Crippen LogP contribution in [0.15, 0.2) is 53.5 Å². The molecule has 132 valence electrons. The molecular formula is C17H15N5O4. The number of nitro groups is 1. The first kappa shape index (κ1) is 17.1. The Kier molecular flexibility index (Phi) is 4.36.